The second-order valence-corrected chi connectivity index (χ2v) is 6.94. The van der Waals surface area contributed by atoms with Crippen molar-refractivity contribution >= 4 is 21.6 Å². The number of ketones is 1. The third-order valence-corrected chi connectivity index (χ3v) is 4.63. The second-order valence-electron chi connectivity index (χ2n) is 5.55. The van der Waals surface area contributed by atoms with Crippen LogP contribution in [-0.4, -0.2) is 25.4 Å². The summed E-state index contributed by atoms with van der Waals surface area (Å²) in [5.41, 5.74) is 1.66. The molecule has 7 heteroatoms. The summed E-state index contributed by atoms with van der Waals surface area (Å²) < 4.78 is 37.8. The van der Waals surface area contributed by atoms with Crippen LogP contribution in [0.2, 0.25) is 0 Å². The van der Waals surface area contributed by atoms with E-state index >= 15 is 0 Å². The monoisotopic (exact) mass is 355 g/mol. The van der Waals surface area contributed by atoms with Gasteiger partial charge in [-0.2, -0.15) is 8.42 Å². The summed E-state index contributed by atoms with van der Waals surface area (Å²) in [6.07, 6.45) is 2.65. The van der Waals surface area contributed by atoms with Gasteiger partial charge >= 0.3 is 0 Å². The fourth-order valence-electron chi connectivity index (χ4n) is 2.25. The number of allylic oxidation sites excluding steroid dienone is 2. The molecule has 0 aliphatic carbocycles. The molecule has 0 aromatic heterocycles. The van der Waals surface area contributed by atoms with E-state index in [0.29, 0.717) is 23.6 Å². The highest BCUT2D eigenvalue weighted by atomic mass is 32.2. The van der Waals surface area contributed by atoms with Gasteiger partial charge in [-0.05, 0) is 45.7 Å². The lowest BCUT2D eigenvalue weighted by Crippen LogP contribution is -2.17. The Morgan fingerprint density at radius 3 is 2.46 bits per heavy atom. The Balaban J connectivity index is 3.39. The molecular weight excluding hydrogens is 330 g/mol. The van der Waals surface area contributed by atoms with Crippen molar-refractivity contribution in [1.29, 1.82) is 0 Å². The van der Waals surface area contributed by atoms with Crippen LogP contribution in [0, 0.1) is 12.8 Å². The zero-order chi connectivity index (χ0) is 18.5. The normalized spacial score (nSPS) is 13.5. The number of hydrogen-bond donors (Lipinski definition) is 2. The number of aryl methyl sites for hydroxylation is 1. The average molecular weight is 355 g/mol. The molecule has 0 aliphatic heterocycles. The van der Waals surface area contributed by atoms with E-state index in [9.17, 15) is 17.8 Å². The summed E-state index contributed by atoms with van der Waals surface area (Å²) in [5, 5.41) is 3.17. The van der Waals surface area contributed by atoms with Crippen molar-refractivity contribution in [3.63, 3.8) is 0 Å². The smallest absolute Gasteiger partial charge is 0.294 e. The van der Waals surface area contributed by atoms with Gasteiger partial charge in [-0.25, -0.2) is 0 Å². The fraction of sp³-hybridized carbons (Fsp3) is 0.471. The highest BCUT2D eigenvalue weighted by Gasteiger charge is 2.20. The highest BCUT2D eigenvalue weighted by molar-refractivity contribution is 7.85. The molecule has 134 valence electrons. The van der Waals surface area contributed by atoms with E-state index in [-0.39, 0.29) is 16.6 Å². The van der Waals surface area contributed by atoms with Crippen molar-refractivity contribution in [3.05, 3.63) is 29.5 Å². The maximum atomic E-state index is 11.7. The average Bonchev–Trinajstić information content (AvgIpc) is 2.47. The number of anilines is 1. The first kappa shape index (κ1) is 20.2. The van der Waals surface area contributed by atoms with Gasteiger partial charge in [0.15, 0.2) is 0 Å². The summed E-state index contributed by atoms with van der Waals surface area (Å²) in [6, 6.07) is 2.88. The topological polar surface area (TPSA) is 92.7 Å². The third kappa shape index (κ3) is 5.07. The van der Waals surface area contributed by atoms with Crippen molar-refractivity contribution in [2.24, 2.45) is 5.92 Å². The largest absolute Gasteiger partial charge is 0.492 e. The molecule has 1 unspecified atom stereocenters. The van der Waals surface area contributed by atoms with E-state index in [4.69, 9.17) is 4.74 Å². The Morgan fingerprint density at radius 1 is 1.38 bits per heavy atom. The van der Waals surface area contributed by atoms with E-state index in [1.807, 2.05) is 13.0 Å². The number of carbonyl (C=O) groups excluding carboxylic acids is 1. The Kier molecular flexibility index (Phi) is 6.98. The van der Waals surface area contributed by atoms with Crippen LogP contribution in [-0.2, 0) is 14.9 Å². The molecular formula is C17H25NO5S. The van der Waals surface area contributed by atoms with Crippen molar-refractivity contribution in [3.8, 4) is 5.75 Å². The predicted octanol–water partition coefficient (Wildman–Crippen LogP) is 3.57. The van der Waals surface area contributed by atoms with Gasteiger partial charge in [0.2, 0.25) is 0 Å². The maximum absolute atomic E-state index is 11.7. The van der Waals surface area contributed by atoms with Crippen LogP contribution >= 0.6 is 0 Å². The quantitative estimate of drug-likeness (QED) is 0.693. The van der Waals surface area contributed by atoms with Gasteiger partial charge in [0.05, 0.1) is 18.2 Å². The molecule has 0 fully saturated rings. The first-order valence-electron chi connectivity index (χ1n) is 7.84. The summed E-state index contributed by atoms with van der Waals surface area (Å²) in [7, 11) is -4.34. The van der Waals surface area contributed by atoms with Crippen LogP contribution < -0.4 is 10.1 Å². The molecule has 1 rings (SSSR count). The van der Waals surface area contributed by atoms with Crippen LogP contribution in [0.4, 0.5) is 5.69 Å². The molecule has 0 aliphatic rings. The van der Waals surface area contributed by atoms with Crippen LogP contribution in [0.5, 0.6) is 5.75 Å². The second kappa shape index (κ2) is 8.30. The van der Waals surface area contributed by atoms with E-state index in [2.05, 4.69) is 5.32 Å². The number of hydrogen-bond acceptors (Lipinski definition) is 5. The molecule has 24 heavy (non-hydrogen) atoms. The number of carbonyl (C=O) groups is 1. The van der Waals surface area contributed by atoms with Crippen molar-refractivity contribution < 1.29 is 22.5 Å². The minimum absolute atomic E-state index is 0.0198. The van der Waals surface area contributed by atoms with Gasteiger partial charge < -0.3 is 10.1 Å². The van der Waals surface area contributed by atoms with Gasteiger partial charge in [-0.1, -0.05) is 13.0 Å². The summed E-state index contributed by atoms with van der Waals surface area (Å²) in [6.45, 7) is 8.98. The molecule has 1 aromatic rings. The Labute approximate surface area is 143 Å². The zero-order valence-corrected chi connectivity index (χ0v) is 15.5. The van der Waals surface area contributed by atoms with Gasteiger partial charge in [-0.3, -0.25) is 9.35 Å². The number of ether oxygens (including phenoxy) is 1. The summed E-state index contributed by atoms with van der Waals surface area (Å²) in [4.78, 5) is 11.5. The molecule has 0 spiro atoms. The molecule has 0 radical (unpaired) electrons. The van der Waals surface area contributed by atoms with Gasteiger partial charge in [-0.15, -0.1) is 0 Å². The highest BCUT2D eigenvalue weighted by Crippen LogP contribution is 2.33. The predicted molar refractivity (Wildman–Crippen MR) is 94.0 cm³/mol. The van der Waals surface area contributed by atoms with Crippen molar-refractivity contribution in [2.45, 2.75) is 45.9 Å². The first-order valence-corrected chi connectivity index (χ1v) is 9.28. The molecule has 0 amide bonds. The number of benzene rings is 1. The SMILES string of the molecule is CC/C=C(/Nc1cc(C)c(S(=O)(=O)O)cc1OCC)C(C)C(C)=O. The van der Waals surface area contributed by atoms with Crippen LogP contribution in [0.3, 0.4) is 0 Å². The van der Waals surface area contributed by atoms with Gasteiger partial charge in [0.25, 0.3) is 10.1 Å². The molecule has 0 bridgehead atoms. The van der Waals surface area contributed by atoms with Crippen LogP contribution in [0.1, 0.15) is 39.7 Å². The molecule has 1 atom stereocenters. The lowest BCUT2D eigenvalue weighted by molar-refractivity contribution is -0.119. The Morgan fingerprint density at radius 2 is 2.00 bits per heavy atom. The zero-order valence-electron chi connectivity index (χ0n) is 14.7. The Hall–Kier alpha value is -1.86. The standard InChI is InChI=1S/C17H25NO5S/c1-6-8-14(12(4)13(5)19)18-15-9-11(3)17(24(20,21)22)10-16(15)23-7-2/h8-10,12,18H,6-7H2,1-5H3,(H,20,21,22)/b14-8+. The summed E-state index contributed by atoms with van der Waals surface area (Å²) in [5.74, 6) is 0.000835. The number of Topliss-reactive ketones (excluding diaryl/α,β-unsaturated/α-hetero) is 1. The number of nitrogens with one attached hydrogen (secondary N) is 1. The lowest BCUT2D eigenvalue weighted by atomic mass is 10.0. The van der Waals surface area contributed by atoms with Crippen molar-refractivity contribution in [2.75, 3.05) is 11.9 Å². The van der Waals surface area contributed by atoms with Crippen molar-refractivity contribution in [1.82, 2.24) is 0 Å². The Bertz CT molecular complexity index is 738. The summed E-state index contributed by atoms with van der Waals surface area (Å²) >= 11 is 0. The minimum Gasteiger partial charge on any atom is -0.492 e. The number of rotatable bonds is 8. The van der Waals surface area contributed by atoms with E-state index in [0.717, 1.165) is 12.1 Å². The van der Waals surface area contributed by atoms with Gasteiger partial charge in [0.1, 0.15) is 16.4 Å². The fourth-order valence-corrected chi connectivity index (χ4v) is 2.97. The third-order valence-electron chi connectivity index (χ3n) is 3.63. The molecule has 1 aromatic carbocycles. The molecule has 6 nitrogen and oxygen atoms in total. The maximum Gasteiger partial charge on any atom is 0.294 e. The van der Waals surface area contributed by atoms with E-state index < -0.39 is 10.1 Å². The molecule has 0 saturated carbocycles. The minimum atomic E-state index is -4.34. The molecule has 2 N–H and O–H groups in total. The molecule has 0 saturated heterocycles. The van der Waals surface area contributed by atoms with Crippen LogP contribution in [0.15, 0.2) is 28.8 Å². The molecule has 0 heterocycles. The van der Waals surface area contributed by atoms with Gasteiger partial charge in [0, 0.05) is 11.8 Å². The van der Waals surface area contributed by atoms with Crippen LogP contribution in [0.25, 0.3) is 0 Å². The van der Waals surface area contributed by atoms with E-state index in [1.165, 1.54) is 13.0 Å². The lowest BCUT2D eigenvalue weighted by Gasteiger charge is -2.20. The van der Waals surface area contributed by atoms with E-state index in [1.54, 1.807) is 26.8 Å². The first-order chi connectivity index (χ1) is 11.1.